The van der Waals surface area contributed by atoms with Crippen molar-refractivity contribution >= 4 is 23.0 Å². The van der Waals surface area contributed by atoms with Gasteiger partial charge in [0.1, 0.15) is 0 Å². The molecule has 1 aliphatic rings. The summed E-state index contributed by atoms with van der Waals surface area (Å²) in [5, 5.41) is 17.1. The number of fused-ring (bicyclic) bond motifs is 1. The highest BCUT2D eigenvalue weighted by molar-refractivity contribution is 5.99. The molecule has 2 aromatic rings. The number of carbonyl (C=O) groups is 1. The van der Waals surface area contributed by atoms with Crippen molar-refractivity contribution in [2.24, 2.45) is 5.16 Å². The molecular weight excluding hydrogens is 342 g/mol. The van der Waals surface area contributed by atoms with E-state index in [1.807, 2.05) is 0 Å². The Bertz CT molecular complexity index is 881. The van der Waals surface area contributed by atoms with E-state index in [2.05, 4.69) is 10.5 Å². The van der Waals surface area contributed by atoms with Gasteiger partial charge < -0.3 is 19.6 Å². The van der Waals surface area contributed by atoms with Crippen molar-refractivity contribution < 1.29 is 24.0 Å². The van der Waals surface area contributed by atoms with Crippen molar-refractivity contribution in [3.05, 3.63) is 58.1 Å². The van der Waals surface area contributed by atoms with Gasteiger partial charge in [0.15, 0.2) is 18.1 Å². The van der Waals surface area contributed by atoms with Gasteiger partial charge >= 0.3 is 0 Å². The Morgan fingerprint density at radius 1 is 1.27 bits per heavy atom. The minimum absolute atomic E-state index is 0.111. The van der Waals surface area contributed by atoms with E-state index in [4.69, 9.17) is 14.3 Å². The van der Waals surface area contributed by atoms with E-state index in [-0.39, 0.29) is 19.1 Å². The number of oxime groups is 1. The van der Waals surface area contributed by atoms with E-state index in [9.17, 15) is 14.9 Å². The number of nitrogens with one attached hydrogen (secondary N) is 1. The molecule has 0 unspecified atom stereocenters. The SMILES string of the molecule is C/C(=N/OCC(=O)Nc1cccc([N+](=O)[O-])c1)c1ccc2c(c1)OCO2. The van der Waals surface area contributed by atoms with Gasteiger partial charge in [0.05, 0.1) is 10.6 Å². The fourth-order valence-electron chi connectivity index (χ4n) is 2.26. The van der Waals surface area contributed by atoms with E-state index in [0.717, 1.165) is 5.56 Å². The quantitative estimate of drug-likeness (QED) is 0.483. The van der Waals surface area contributed by atoms with E-state index < -0.39 is 10.8 Å². The topological polar surface area (TPSA) is 112 Å². The van der Waals surface area contributed by atoms with Crippen molar-refractivity contribution in [3.63, 3.8) is 0 Å². The van der Waals surface area contributed by atoms with E-state index in [1.54, 1.807) is 31.2 Å². The number of hydrogen-bond donors (Lipinski definition) is 1. The lowest BCUT2D eigenvalue weighted by atomic mass is 10.1. The minimum Gasteiger partial charge on any atom is -0.454 e. The number of amides is 1. The Labute approximate surface area is 148 Å². The molecule has 9 heteroatoms. The van der Waals surface area contributed by atoms with Crippen molar-refractivity contribution in [2.75, 3.05) is 18.7 Å². The smallest absolute Gasteiger partial charge is 0.271 e. The predicted molar refractivity (Wildman–Crippen MR) is 92.5 cm³/mol. The number of carbonyl (C=O) groups excluding carboxylic acids is 1. The summed E-state index contributed by atoms with van der Waals surface area (Å²) in [6.07, 6.45) is 0. The third-order valence-electron chi connectivity index (χ3n) is 3.53. The first kappa shape index (κ1) is 17.2. The van der Waals surface area contributed by atoms with Crippen LogP contribution in [0.4, 0.5) is 11.4 Å². The monoisotopic (exact) mass is 357 g/mol. The van der Waals surface area contributed by atoms with Gasteiger partial charge in [-0.05, 0) is 31.2 Å². The number of nitrogens with zero attached hydrogens (tertiary/aromatic N) is 2. The molecule has 134 valence electrons. The fourth-order valence-corrected chi connectivity index (χ4v) is 2.26. The Morgan fingerprint density at radius 2 is 2.08 bits per heavy atom. The Morgan fingerprint density at radius 3 is 2.88 bits per heavy atom. The second-order valence-corrected chi connectivity index (χ2v) is 5.37. The van der Waals surface area contributed by atoms with Crippen LogP contribution in [0.1, 0.15) is 12.5 Å². The number of non-ortho nitro benzene ring substituents is 1. The van der Waals surface area contributed by atoms with Gasteiger partial charge in [-0.1, -0.05) is 11.2 Å². The number of nitro groups is 1. The molecule has 26 heavy (non-hydrogen) atoms. The molecule has 9 nitrogen and oxygen atoms in total. The predicted octanol–water partition coefficient (Wildman–Crippen LogP) is 2.70. The zero-order valence-electron chi connectivity index (χ0n) is 13.8. The minimum atomic E-state index is -0.537. The molecule has 0 bridgehead atoms. The lowest BCUT2D eigenvalue weighted by Crippen LogP contribution is -2.17. The van der Waals surface area contributed by atoms with Crippen molar-refractivity contribution in [2.45, 2.75) is 6.92 Å². The summed E-state index contributed by atoms with van der Waals surface area (Å²) in [6.45, 7) is 1.59. The average Bonchev–Trinajstić information content (AvgIpc) is 3.09. The summed E-state index contributed by atoms with van der Waals surface area (Å²) in [6, 6.07) is 11.0. The molecule has 1 amide bonds. The van der Waals surface area contributed by atoms with Crippen LogP contribution in [-0.4, -0.2) is 29.9 Å². The van der Waals surface area contributed by atoms with Gasteiger partial charge in [0, 0.05) is 23.4 Å². The van der Waals surface area contributed by atoms with Crippen LogP contribution in [0.15, 0.2) is 47.6 Å². The number of benzene rings is 2. The van der Waals surface area contributed by atoms with Crippen LogP contribution in [-0.2, 0) is 9.63 Å². The van der Waals surface area contributed by atoms with Crippen LogP contribution in [0.5, 0.6) is 11.5 Å². The van der Waals surface area contributed by atoms with Crippen LogP contribution < -0.4 is 14.8 Å². The van der Waals surface area contributed by atoms with Crippen LogP contribution in [0, 0.1) is 10.1 Å². The molecule has 1 aliphatic heterocycles. The Balaban J connectivity index is 1.55. The number of ether oxygens (including phenoxy) is 2. The lowest BCUT2D eigenvalue weighted by Gasteiger charge is -2.05. The molecule has 3 rings (SSSR count). The van der Waals surface area contributed by atoms with Gasteiger partial charge in [-0.25, -0.2) is 0 Å². The number of nitro benzene ring substituents is 1. The Kier molecular flexibility index (Phi) is 4.97. The maximum Gasteiger partial charge on any atom is 0.271 e. The second kappa shape index (κ2) is 7.51. The average molecular weight is 357 g/mol. The maximum absolute atomic E-state index is 11.9. The van der Waals surface area contributed by atoms with Gasteiger partial charge in [-0.3, -0.25) is 14.9 Å². The third-order valence-corrected chi connectivity index (χ3v) is 3.53. The highest BCUT2D eigenvalue weighted by atomic mass is 16.7. The van der Waals surface area contributed by atoms with Gasteiger partial charge in [0.25, 0.3) is 11.6 Å². The number of hydrogen-bond acceptors (Lipinski definition) is 7. The molecule has 0 saturated heterocycles. The van der Waals surface area contributed by atoms with Crippen molar-refractivity contribution in [3.8, 4) is 11.5 Å². The molecule has 0 fully saturated rings. The summed E-state index contributed by atoms with van der Waals surface area (Å²) >= 11 is 0. The molecular formula is C17H15N3O6. The van der Waals surface area contributed by atoms with E-state index in [0.29, 0.717) is 22.9 Å². The van der Waals surface area contributed by atoms with Gasteiger partial charge in [-0.2, -0.15) is 0 Å². The molecule has 0 radical (unpaired) electrons. The van der Waals surface area contributed by atoms with Crippen molar-refractivity contribution in [1.29, 1.82) is 0 Å². The molecule has 0 atom stereocenters. The van der Waals surface area contributed by atoms with Gasteiger partial charge in [0.2, 0.25) is 6.79 Å². The normalized spacial score (nSPS) is 12.6. The maximum atomic E-state index is 11.9. The second-order valence-electron chi connectivity index (χ2n) is 5.37. The largest absolute Gasteiger partial charge is 0.454 e. The number of rotatable bonds is 6. The van der Waals surface area contributed by atoms with Crippen LogP contribution >= 0.6 is 0 Å². The van der Waals surface area contributed by atoms with E-state index >= 15 is 0 Å². The standard InChI is InChI=1S/C17H15N3O6/c1-11(12-5-6-15-16(7-12)25-10-24-15)19-26-9-17(21)18-13-3-2-4-14(8-13)20(22)23/h2-8H,9-10H2,1H3,(H,18,21)/b19-11-. The first-order chi connectivity index (χ1) is 12.5. The Hall–Kier alpha value is -3.62. The highest BCUT2D eigenvalue weighted by Crippen LogP contribution is 2.32. The zero-order valence-corrected chi connectivity index (χ0v) is 13.8. The first-order valence-corrected chi connectivity index (χ1v) is 7.64. The van der Waals surface area contributed by atoms with Gasteiger partial charge in [-0.15, -0.1) is 0 Å². The summed E-state index contributed by atoms with van der Waals surface area (Å²) in [5.41, 5.74) is 1.53. The molecule has 0 spiro atoms. The molecule has 0 aromatic heterocycles. The summed E-state index contributed by atoms with van der Waals surface area (Å²) in [4.78, 5) is 27.1. The van der Waals surface area contributed by atoms with Crippen molar-refractivity contribution in [1.82, 2.24) is 0 Å². The summed E-state index contributed by atoms with van der Waals surface area (Å²) in [7, 11) is 0. The highest BCUT2D eigenvalue weighted by Gasteiger charge is 2.14. The molecule has 2 aromatic carbocycles. The molecule has 1 heterocycles. The molecule has 0 saturated carbocycles. The van der Waals surface area contributed by atoms with Crippen LogP contribution in [0.2, 0.25) is 0 Å². The van der Waals surface area contributed by atoms with Crippen LogP contribution in [0.25, 0.3) is 0 Å². The lowest BCUT2D eigenvalue weighted by molar-refractivity contribution is -0.384. The summed E-state index contributed by atoms with van der Waals surface area (Å²) in [5.74, 6) is 0.812. The van der Waals surface area contributed by atoms with E-state index in [1.165, 1.54) is 18.2 Å². The third kappa shape index (κ3) is 4.07. The first-order valence-electron chi connectivity index (χ1n) is 7.64. The fraction of sp³-hybridized carbons (Fsp3) is 0.176. The summed E-state index contributed by atoms with van der Waals surface area (Å²) < 4.78 is 10.5. The van der Waals surface area contributed by atoms with Crippen LogP contribution in [0.3, 0.4) is 0 Å². The molecule has 0 aliphatic carbocycles. The number of anilines is 1. The molecule has 1 N–H and O–H groups in total. The zero-order chi connectivity index (χ0) is 18.5.